The lowest BCUT2D eigenvalue weighted by molar-refractivity contribution is 0.188. The van der Waals surface area contributed by atoms with Crippen molar-refractivity contribution in [1.29, 1.82) is 0 Å². The molecule has 7 heteroatoms. The van der Waals surface area contributed by atoms with Crippen LogP contribution in [0, 0.1) is 0 Å². The van der Waals surface area contributed by atoms with Gasteiger partial charge in [-0.25, -0.2) is 4.79 Å². The molecule has 1 aliphatic rings. The van der Waals surface area contributed by atoms with E-state index in [0.717, 1.165) is 49.2 Å². The molecule has 0 unspecified atom stereocenters. The number of nitrogens with one attached hydrogen (secondary N) is 2. The van der Waals surface area contributed by atoms with Gasteiger partial charge < -0.3 is 21.3 Å². The maximum Gasteiger partial charge on any atom is 0.314 e. The van der Waals surface area contributed by atoms with E-state index in [1.165, 1.54) is 5.56 Å². The van der Waals surface area contributed by atoms with Crippen LogP contribution in [-0.2, 0) is 6.42 Å². The maximum absolute atomic E-state index is 11.2. The van der Waals surface area contributed by atoms with E-state index in [1.807, 2.05) is 6.07 Å². The zero-order valence-electron chi connectivity index (χ0n) is 14.8. The van der Waals surface area contributed by atoms with Gasteiger partial charge in [0.15, 0.2) is 5.96 Å². The first kappa shape index (κ1) is 19.6. The molecule has 25 heavy (non-hydrogen) atoms. The average molecular weight is 410 g/mol. The number of carbonyl (C=O) groups excluding carboxylic acids is 1. The van der Waals surface area contributed by atoms with Crippen LogP contribution in [0.25, 0.3) is 0 Å². The van der Waals surface area contributed by atoms with Crippen molar-refractivity contribution in [2.75, 3.05) is 26.2 Å². The number of nitrogens with zero attached hydrogens (tertiary/aromatic N) is 2. The van der Waals surface area contributed by atoms with Crippen LogP contribution in [0.5, 0.6) is 0 Å². The number of urea groups is 1. The second-order valence-electron chi connectivity index (χ2n) is 6.24. The number of primary amides is 1. The fourth-order valence-electron chi connectivity index (χ4n) is 2.92. The molecule has 0 aromatic heterocycles. The molecule has 1 fully saturated rings. The molecule has 2 rings (SSSR count). The molecule has 6 nitrogen and oxygen atoms in total. The summed E-state index contributed by atoms with van der Waals surface area (Å²) in [5.41, 5.74) is 6.65. The van der Waals surface area contributed by atoms with E-state index in [4.69, 9.17) is 5.73 Å². The Kier molecular flexibility index (Phi) is 8.04. The van der Waals surface area contributed by atoms with Crippen LogP contribution in [0.15, 0.2) is 33.7 Å². The highest BCUT2D eigenvalue weighted by Gasteiger charge is 2.21. The third kappa shape index (κ3) is 6.94. The Morgan fingerprint density at radius 2 is 2.16 bits per heavy atom. The van der Waals surface area contributed by atoms with Gasteiger partial charge in [-0.15, -0.1) is 0 Å². The van der Waals surface area contributed by atoms with Gasteiger partial charge in [0.1, 0.15) is 0 Å². The predicted molar refractivity (Wildman–Crippen MR) is 106 cm³/mol. The topological polar surface area (TPSA) is 82.8 Å². The van der Waals surface area contributed by atoms with Crippen molar-refractivity contribution in [3.8, 4) is 0 Å². The highest BCUT2D eigenvalue weighted by Crippen LogP contribution is 2.13. The number of benzene rings is 1. The average Bonchev–Trinajstić information content (AvgIpc) is 2.59. The van der Waals surface area contributed by atoms with Crippen molar-refractivity contribution in [2.24, 2.45) is 10.7 Å². The number of aliphatic imine (C=N–C) groups is 1. The summed E-state index contributed by atoms with van der Waals surface area (Å²) < 4.78 is 1.12. The van der Waals surface area contributed by atoms with Gasteiger partial charge in [0.25, 0.3) is 0 Å². The molecule has 1 aromatic carbocycles. The monoisotopic (exact) mass is 409 g/mol. The molecule has 138 valence electrons. The lowest BCUT2D eigenvalue weighted by Crippen LogP contribution is -2.50. The Morgan fingerprint density at radius 1 is 1.40 bits per heavy atom. The minimum atomic E-state index is -0.327. The van der Waals surface area contributed by atoms with Crippen LogP contribution >= 0.6 is 15.9 Å². The summed E-state index contributed by atoms with van der Waals surface area (Å²) in [5.74, 6) is 0.856. The molecule has 1 aliphatic heterocycles. The third-order valence-electron chi connectivity index (χ3n) is 4.27. The number of rotatable bonds is 6. The number of likely N-dealkylation sites (tertiary alicyclic amines) is 1. The molecular formula is C18H28BrN5O. The quantitative estimate of drug-likeness (QED) is 0.383. The second kappa shape index (κ2) is 10.3. The zero-order chi connectivity index (χ0) is 18.1. The van der Waals surface area contributed by atoms with E-state index in [-0.39, 0.29) is 6.03 Å². The second-order valence-corrected chi connectivity index (χ2v) is 7.15. The van der Waals surface area contributed by atoms with Gasteiger partial charge in [-0.3, -0.25) is 4.99 Å². The molecule has 1 saturated heterocycles. The molecule has 4 N–H and O–H groups in total. The van der Waals surface area contributed by atoms with Crippen LogP contribution in [0.3, 0.4) is 0 Å². The summed E-state index contributed by atoms with van der Waals surface area (Å²) >= 11 is 3.50. The van der Waals surface area contributed by atoms with Crippen LogP contribution in [0.2, 0.25) is 0 Å². The van der Waals surface area contributed by atoms with Gasteiger partial charge in [-0.1, -0.05) is 28.1 Å². The van der Waals surface area contributed by atoms with Crippen LogP contribution in [0.1, 0.15) is 31.7 Å². The predicted octanol–water partition coefficient (Wildman–Crippen LogP) is 2.48. The van der Waals surface area contributed by atoms with Gasteiger partial charge in [-0.05, 0) is 50.3 Å². The summed E-state index contributed by atoms with van der Waals surface area (Å²) in [7, 11) is 0. The SMILES string of the molecule is CCNC(=NCCCc1cccc(Br)c1)NC1CCN(C(N)=O)CC1. The number of halogens is 1. The highest BCUT2D eigenvalue weighted by molar-refractivity contribution is 9.10. The zero-order valence-corrected chi connectivity index (χ0v) is 16.4. The molecule has 2 amide bonds. The highest BCUT2D eigenvalue weighted by atomic mass is 79.9. The Morgan fingerprint density at radius 3 is 2.80 bits per heavy atom. The molecule has 0 radical (unpaired) electrons. The normalized spacial score (nSPS) is 15.9. The van der Waals surface area contributed by atoms with Crippen molar-refractivity contribution in [3.05, 3.63) is 34.3 Å². The fourth-order valence-corrected chi connectivity index (χ4v) is 3.37. The molecule has 0 aliphatic carbocycles. The number of aryl methyl sites for hydroxylation is 1. The van der Waals surface area contributed by atoms with Gasteiger partial charge in [0, 0.05) is 36.7 Å². The standard InChI is InChI=1S/C18H28BrN5O/c1-2-21-18(23-16-8-11-24(12-9-16)17(20)25)22-10-4-6-14-5-3-7-15(19)13-14/h3,5,7,13,16H,2,4,6,8-12H2,1H3,(H2,20,25)(H2,21,22,23). The van der Waals surface area contributed by atoms with Crippen LogP contribution in [-0.4, -0.2) is 49.1 Å². The first-order valence-corrected chi connectivity index (χ1v) is 9.71. The van der Waals surface area contributed by atoms with E-state index in [1.54, 1.807) is 4.90 Å². The van der Waals surface area contributed by atoms with Crippen LogP contribution < -0.4 is 16.4 Å². The molecule has 0 saturated carbocycles. The van der Waals surface area contributed by atoms with E-state index >= 15 is 0 Å². The van der Waals surface area contributed by atoms with Crippen molar-refractivity contribution in [1.82, 2.24) is 15.5 Å². The number of carbonyl (C=O) groups is 1. The lowest BCUT2D eigenvalue weighted by atomic mass is 10.1. The Labute approximate surface area is 158 Å². The minimum Gasteiger partial charge on any atom is -0.357 e. The van der Waals surface area contributed by atoms with Crippen LogP contribution in [0.4, 0.5) is 4.79 Å². The first-order valence-electron chi connectivity index (χ1n) is 8.92. The van der Waals surface area contributed by atoms with E-state index in [0.29, 0.717) is 19.1 Å². The van der Waals surface area contributed by atoms with E-state index in [9.17, 15) is 4.79 Å². The lowest BCUT2D eigenvalue weighted by Gasteiger charge is -2.32. The Hall–Kier alpha value is -1.76. The molecule has 0 spiro atoms. The minimum absolute atomic E-state index is 0.327. The fraction of sp³-hybridized carbons (Fsp3) is 0.556. The number of amides is 2. The van der Waals surface area contributed by atoms with Gasteiger partial charge in [-0.2, -0.15) is 0 Å². The van der Waals surface area contributed by atoms with Crippen molar-refractivity contribution >= 4 is 27.9 Å². The van der Waals surface area contributed by atoms with E-state index in [2.05, 4.69) is 56.7 Å². The summed E-state index contributed by atoms with van der Waals surface area (Å²) in [5, 5.41) is 6.77. The number of piperidine rings is 1. The number of guanidine groups is 1. The number of hydrogen-bond acceptors (Lipinski definition) is 2. The largest absolute Gasteiger partial charge is 0.357 e. The molecule has 0 bridgehead atoms. The Balaban J connectivity index is 1.77. The number of nitrogens with two attached hydrogens (primary N) is 1. The van der Waals surface area contributed by atoms with E-state index < -0.39 is 0 Å². The third-order valence-corrected chi connectivity index (χ3v) is 4.77. The summed E-state index contributed by atoms with van der Waals surface area (Å²) in [4.78, 5) is 17.6. The van der Waals surface area contributed by atoms with Gasteiger partial charge in [0.2, 0.25) is 0 Å². The Bertz CT molecular complexity index is 585. The number of hydrogen-bond donors (Lipinski definition) is 3. The molecule has 0 atom stereocenters. The van der Waals surface area contributed by atoms with Crippen molar-refractivity contribution < 1.29 is 4.79 Å². The summed E-state index contributed by atoms with van der Waals surface area (Å²) in [6.07, 6.45) is 3.81. The summed E-state index contributed by atoms with van der Waals surface area (Å²) in [6.45, 7) is 5.08. The maximum atomic E-state index is 11.2. The molecule has 1 aromatic rings. The molecular weight excluding hydrogens is 382 g/mol. The van der Waals surface area contributed by atoms with Gasteiger partial charge in [0.05, 0.1) is 0 Å². The first-order chi connectivity index (χ1) is 12.1. The molecule has 1 heterocycles. The summed E-state index contributed by atoms with van der Waals surface area (Å²) in [6, 6.07) is 8.40. The van der Waals surface area contributed by atoms with Crippen molar-refractivity contribution in [3.63, 3.8) is 0 Å². The van der Waals surface area contributed by atoms with Crippen molar-refractivity contribution in [2.45, 2.75) is 38.6 Å². The smallest absolute Gasteiger partial charge is 0.314 e. The van der Waals surface area contributed by atoms with Gasteiger partial charge >= 0.3 is 6.03 Å².